The van der Waals surface area contributed by atoms with Crippen LogP contribution in [0.1, 0.15) is 26.2 Å². The van der Waals surface area contributed by atoms with Crippen molar-refractivity contribution in [2.45, 2.75) is 32.2 Å². The minimum absolute atomic E-state index is 0.133. The number of nitrogens with zero attached hydrogens (tertiary/aromatic N) is 2. The number of carbonyl (C=O) groups excluding carboxylic acids is 1. The van der Waals surface area contributed by atoms with Gasteiger partial charge in [0.05, 0.1) is 0 Å². The lowest BCUT2D eigenvalue weighted by Crippen LogP contribution is -2.50. The molecule has 2 unspecified atom stereocenters. The number of hydrogen-bond acceptors (Lipinski definition) is 3. The molecule has 0 radical (unpaired) electrons. The maximum Gasteiger partial charge on any atom is 0.326 e. The number of carboxylic acid groups (broad SMARTS) is 1. The molecule has 0 aromatic rings. The fraction of sp³-hybridized carbons (Fsp3) is 0.833. The third-order valence-corrected chi connectivity index (χ3v) is 3.57. The fourth-order valence-electron chi connectivity index (χ4n) is 2.21. The van der Waals surface area contributed by atoms with Gasteiger partial charge in [-0.05, 0) is 32.1 Å². The van der Waals surface area contributed by atoms with Crippen molar-refractivity contribution in [2.75, 3.05) is 26.7 Å². The topological polar surface area (TPSA) is 81.1 Å². The second-order valence-electron chi connectivity index (χ2n) is 4.87. The molecule has 1 aliphatic heterocycles. The van der Waals surface area contributed by atoms with Gasteiger partial charge in [0.15, 0.2) is 0 Å². The summed E-state index contributed by atoms with van der Waals surface area (Å²) < 4.78 is 0. The van der Waals surface area contributed by atoms with Gasteiger partial charge >= 0.3 is 12.0 Å². The van der Waals surface area contributed by atoms with Crippen LogP contribution in [0.2, 0.25) is 0 Å². The number of likely N-dealkylation sites (N-methyl/N-ethyl adjacent to an activating group) is 1. The van der Waals surface area contributed by atoms with Gasteiger partial charge in [0, 0.05) is 26.7 Å². The van der Waals surface area contributed by atoms with Gasteiger partial charge in [-0.3, -0.25) is 0 Å². The molecule has 18 heavy (non-hydrogen) atoms. The summed E-state index contributed by atoms with van der Waals surface area (Å²) in [6.45, 7) is 2.90. The van der Waals surface area contributed by atoms with E-state index in [1.807, 2.05) is 0 Å². The number of rotatable bonds is 4. The first kappa shape index (κ1) is 14.8. The predicted molar refractivity (Wildman–Crippen MR) is 66.3 cm³/mol. The van der Waals surface area contributed by atoms with Gasteiger partial charge in [-0.2, -0.15) is 0 Å². The van der Waals surface area contributed by atoms with Crippen LogP contribution in [0.4, 0.5) is 4.79 Å². The number of aliphatic carboxylic acids is 1. The van der Waals surface area contributed by atoms with Crippen LogP contribution in [0.15, 0.2) is 0 Å². The molecular weight excluding hydrogens is 236 g/mol. The largest absolute Gasteiger partial charge is 0.480 e. The summed E-state index contributed by atoms with van der Waals surface area (Å²) in [7, 11) is 1.51. The average molecular weight is 258 g/mol. The lowest BCUT2D eigenvalue weighted by molar-refractivity contribution is -0.141. The van der Waals surface area contributed by atoms with Crippen LogP contribution in [0.5, 0.6) is 0 Å². The maximum atomic E-state index is 12.1. The Balaban J connectivity index is 2.57. The average Bonchev–Trinajstić information content (AvgIpc) is 2.36. The molecule has 2 atom stereocenters. The highest BCUT2D eigenvalue weighted by Gasteiger charge is 2.29. The van der Waals surface area contributed by atoms with Crippen molar-refractivity contribution in [2.24, 2.45) is 5.92 Å². The summed E-state index contributed by atoms with van der Waals surface area (Å²) in [6, 6.07) is -1.07. The van der Waals surface area contributed by atoms with Crippen molar-refractivity contribution in [3.8, 4) is 0 Å². The summed E-state index contributed by atoms with van der Waals surface area (Å²) in [5, 5.41) is 17.8. The molecule has 0 aliphatic carbocycles. The smallest absolute Gasteiger partial charge is 0.326 e. The highest BCUT2D eigenvalue weighted by molar-refractivity contribution is 5.82. The van der Waals surface area contributed by atoms with Crippen molar-refractivity contribution in [3.63, 3.8) is 0 Å². The zero-order chi connectivity index (χ0) is 13.7. The Hall–Kier alpha value is -1.30. The van der Waals surface area contributed by atoms with Crippen LogP contribution in [0.25, 0.3) is 0 Å². The van der Waals surface area contributed by atoms with E-state index in [4.69, 9.17) is 10.2 Å². The second-order valence-corrected chi connectivity index (χ2v) is 4.87. The monoisotopic (exact) mass is 258 g/mol. The van der Waals surface area contributed by atoms with Gasteiger partial charge in [0.25, 0.3) is 0 Å². The van der Waals surface area contributed by atoms with Crippen molar-refractivity contribution >= 4 is 12.0 Å². The fourth-order valence-corrected chi connectivity index (χ4v) is 2.21. The number of likely N-dealkylation sites (tertiary alicyclic amines) is 1. The van der Waals surface area contributed by atoms with Crippen LogP contribution >= 0.6 is 0 Å². The molecule has 1 rings (SSSR count). The van der Waals surface area contributed by atoms with Crippen LogP contribution in [-0.4, -0.2) is 64.8 Å². The van der Waals surface area contributed by atoms with Crippen LogP contribution in [-0.2, 0) is 4.79 Å². The lowest BCUT2D eigenvalue weighted by Gasteiger charge is -2.36. The molecular formula is C12H22N2O4. The summed E-state index contributed by atoms with van der Waals surface area (Å²) in [5.74, 6) is -0.684. The Labute approximate surface area is 107 Å². The molecule has 0 saturated carbocycles. The van der Waals surface area contributed by atoms with E-state index in [1.165, 1.54) is 18.9 Å². The Kier molecular flexibility index (Phi) is 5.40. The molecule has 0 spiro atoms. The number of amides is 2. The van der Waals surface area contributed by atoms with Crippen molar-refractivity contribution in [1.29, 1.82) is 0 Å². The van der Waals surface area contributed by atoms with E-state index in [9.17, 15) is 9.59 Å². The Morgan fingerprint density at radius 1 is 1.50 bits per heavy atom. The van der Waals surface area contributed by atoms with E-state index in [-0.39, 0.29) is 12.6 Å². The van der Waals surface area contributed by atoms with E-state index >= 15 is 0 Å². The molecule has 0 aromatic carbocycles. The SMILES string of the molecule is CC(C(=O)O)N(C)C(=O)N1CCCC(CCO)C1. The number of urea groups is 1. The van der Waals surface area contributed by atoms with E-state index in [1.54, 1.807) is 4.90 Å². The summed E-state index contributed by atoms with van der Waals surface area (Å²) in [6.07, 6.45) is 2.62. The minimum atomic E-state index is -1.00. The van der Waals surface area contributed by atoms with Crippen molar-refractivity contribution in [3.05, 3.63) is 0 Å². The van der Waals surface area contributed by atoms with Crippen molar-refractivity contribution in [1.82, 2.24) is 9.80 Å². The van der Waals surface area contributed by atoms with E-state index in [0.29, 0.717) is 25.4 Å². The van der Waals surface area contributed by atoms with Crippen molar-refractivity contribution < 1.29 is 19.8 Å². The molecule has 1 saturated heterocycles. The highest BCUT2D eigenvalue weighted by atomic mass is 16.4. The Bertz CT molecular complexity index is 306. The lowest BCUT2D eigenvalue weighted by atomic mass is 9.95. The van der Waals surface area contributed by atoms with Gasteiger partial charge in [0.2, 0.25) is 0 Å². The molecule has 0 aromatic heterocycles. The first-order chi connectivity index (χ1) is 8.47. The van der Waals surface area contributed by atoms with Gasteiger partial charge in [0.1, 0.15) is 6.04 Å². The maximum absolute atomic E-state index is 12.1. The molecule has 6 nitrogen and oxygen atoms in total. The van der Waals surface area contributed by atoms with E-state index in [2.05, 4.69) is 0 Å². The number of aliphatic hydroxyl groups excluding tert-OH is 1. The normalized spacial score (nSPS) is 21.5. The van der Waals surface area contributed by atoms with Gasteiger partial charge in [-0.1, -0.05) is 0 Å². The van der Waals surface area contributed by atoms with Crippen LogP contribution in [0.3, 0.4) is 0 Å². The van der Waals surface area contributed by atoms with E-state index in [0.717, 1.165) is 12.8 Å². The summed E-state index contributed by atoms with van der Waals surface area (Å²) >= 11 is 0. The summed E-state index contributed by atoms with van der Waals surface area (Å²) in [4.78, 5) is 25.9. The molecule has 1 heterocycles. The molecule has 0 bridgehead atoms. The number of carbonyl (C=O) groups is 2. The van der Waals surface area contributed by atoms with E-state index < -0.39 is 12.0 Å². The van der Waals surface area contributed by atoms with Gasteiger partial charge in [-0.25, -0.2) is 9.59 Å². The Morgan fingerprint density at radius 2 is 2.17 bits per heavy atom. The first-order valence-corrected chi connectivity index (χ1v) is 6.32. The minimum Gasteiger partial charge on any atom is -0.480 e. The second kappa shape index (κ2) is 6.58. The Morgan fingerprint density at radius 3 is 2.72 bits per heavy atom. The highest BCUT2D eigenvalue weighted by Crippen LogP contribution is 2.20. The zero-order valence-corrected chi connectivity index (χ0v) is 11.0. The van der Waals surface area contributed by atoms with Gasteiger partial charge < -0.3 is 20.0 Å². The molecule has 104 valence electrons. The summed E-state index contributed by atoms with van der Waals surface area (Å²) in [5.41, 5.74) is 0. The standard InChI is InChI=1S/C12H22N2O4/c1-9(11(16)17)13(2)12(18)14-6-3-4-10(8-14)5-7-15/h9-10,15H,3-8H2,1-2H3,(H,16,17). The number of carboxylic acids is 1. The third kappa shape index (κ3) is 3.60. The number of hydrogen-bond donors (Lipinski definition) is 2. The molecule has 6 heteroatoms. The molecule has 2 N–H and O–H groups in total. The first-order valence-electron chi connectivity index (χ1n) is 6.32. The van der Waals surface area contributed by atoms with Crippen LogP contribution < -0.4 is 0 Å². The quantitative estimate of drug-likeness (QED) is 0.774. The zero-order valence-electron chi connectivity index (χ0n) is 11.0. The van der Waals surface area contributed by atoms with Gasteiger partial charge in [-0.15, -0.1) is 0 Å². The number of piperidine rings is 1. The molecule has 2 amide bonds. The number of aliphatic hydroxyl groups is 1. The molecule has 1 fully saturated rings. The molecule has 1 aliphatic rings. The van der Waals surface area contributed by atoms with Crippen LogP contribution in [0, 0.1) is 5.92 Å². The third-order valence-electron chi connectivity index (χ3n) is 3.57. The predicted octanol–water partition coefficient (Wildman–Crippen LogP) is 0.606.